The summed E-state index contributed by atoms with van der Waals surface area (Å²) in [6, 6.07) is 11.4. The third-order valence-corrected chi connectivity index (χ3v) is 6.07. The van der Waals surface area contributed by atoms with Gasteiger partial charge in [-0.05, 0) is 17.7 Å². The molecule has 0 aliphatic carbocycles. The summed E-state index contributed by atoms with van der Waals surface area (Å²) in [5, 5.41) is 16.4. The minimum absolute atomic E-state index is 0.0866. The Kier molecular flexibility index (Phi) is 6.87. The van der Waals surface area contributed by atoms with Crippen LogP contribution in [0, 0.1) is 23.1 Å². The highest BCUT2D eigenvalue weighted by Gasteiger charge is 2.25. The minimum atomic E-state index is -2.72. The van der Waals surface area contributed by atoms with E-state index in [1.54, 1.807) is 30.5 Å². The number of nitrogens with zero attached hydrogens (tertiary/aromatic N) is 3. The number of nitrogens with one attached hydrogen (secondary N) is 5. The zero-order valence-electron chi connectivity index (χ0n) is 19.2. The first-order valence-electron chi connectivity index (χ1n) is 11.1. The number of anilines is 3. The van der Waals surface area contributed by atoms with E-state index in [9.17, 15) is 22.8 Å². The molecule has 4 aromatic rings. The van der Waals surface area contributed by atoms with E-state index in [0.29, 0.717) is 27.9 Å². The van der Waals surface area contributed by atoms with E-state index in [4.69, 9.17) is 11.6 Å². The molecule has 5 N–H and O–H groups in total. The lowest BCUT2D eigenvalue weighted by molar-refractivity contribution is 0.150. The molecule has 13 heteroatoms. The second-order valence-corrected chi connectivity index (χ2v) is 8.54. The van der Waals surface area contributed by atoms with Crippen molar-refractivity contribution in [3.05, 3.63) is 100 Å². The van der Waals surface area contributed by atoms with E-state index < -0.39 is 24.2 Å². The Labute approximate surface area is 218 Å². The van der Waals surface area contributed by atoms with Gasteiger partial charge in [0.15, 0.2) is 5.82 Å². The Hall–Kier alpha value is -4.60. The van der Waals surface area contributed by atoms with Crippen LogP contribution in [0.4, 0.5) is 34.6 Å². The third-order valence-electron chi connectivity index (χ3n) is 5.78. The Balaban J connectivity index is 1.62. The zero-order valence-corrected chi connectivity index (χ0v) is 19.9. The number of rotatable bonds is 7. The Morgan fingerprint density at radius 2 is 1.79 bits per heavy atom. The van der Waals surface area contributed by atoms with Gasteiger partial charge in [0, 0.05) is 35.1 Å². The van der Waals surface area contributed by atoms with Crippen molar-refractivity contribution in [2.75, 3.05) is 10.6 Å². The van der Waals surface area contributed by atoms with E-state index in [2.05, 4.69) is 37.0 Å². The average molecular weight is 541 g/mol. The summed E-state index contributed by atoms with van der Waals surface area (Å²) in [5.74, 6) is -2.44. The molecule has 2 aromatic heterocycles. The molecule has 0 saturated heterocycles. The van der Waals surface area contributed by atoms with E-state index in [0.717, 1.165) is 12.3 Å². The molecule has 0 saturated carbocycles. The number of fused-ring (bicyclic) bond motifs is 1. The summed E-state index contributed by atoms with van der Waals surface area (Å²) in [5.41, 5.74) is 10.2. The number of pyridine rings is 2. The molecule has 0 radical (unpaired) electrons. The normalized spacial score (nSPS) is 13.4. The maximum Gasteiger partial charge on any atom is 0.264 e. The van der Waals surface area contributed by atoms with Gasteiger partial charge in [-0.3, -0.25) is 4.98 Å². The highest BCUT2D eigenvalue weighted by Crippen LogP contribution is 2.38. The lowest BCUT2D eigenvalue weighted by Crippen LogP contribution is -2.34. The Bertz CT molecular complexity index is 1600. The molecule has 0 amide bonds. The van der Waals surface area contributed by atoms with Crippen LogP contribution in [0.2, 0.25) is 5.02 Å². The predicted octanol–water partition coefficient (Wildman–Crippen LogP) is 5.72. The fourth-order valence-corrected chi connectivity index (χ4v) is 4.34. The van der Waals surface area contributed by atoms with Gasteiger partial charge in [-0.2, -0.15) is 15.2 Å². The molecule has 38 heavy (non-hydrogen) atoms. The van der Waals surface area contributed by atoms with Gasteiger partial charge in [-0.1, -0.05) is 35.9 Å². The van der Waals surface area contributed by atoms with Gasteiger partial charge in [-0.25, -0.2) is 18.2 Å². The van der Waals surface area contributed by atoms with Crippen LogP contribution in [-0.4, -0.2) is 9.97 Å². The van der Waals surface area contributed by atoms with Crippen molar-refractivity contribution in [2.45, 2.75) is 12.5 Å². The van der Waals surface area contributed by atoms with Gasteiger partial charge in [0.1, 0.15) is 6.07 Å². The number of alkyl halides is 2. The molecule has 1 aliphatic rings. The molecule has 0 fully saturated rings. The van der Waals surface area contributed by atoms with Gasteiger partial charge in [0.25, 0.3) is 6.43 Å². The quantitative estimate of drug-likeness (QED) is 0.150. The van der Waals surface area contributed by atoms with Crippen LogP contribution in [0.15, 0.2) is 66.8 Å². The van der Waals surface area contributed by atoms with Crippen LogP contribution >= 0.6 is 11.6 Å². The first-order chi connectivity index (χ1) is 18.4. The molecule has 2 aromatic carbocycles. The van der Waals surface area contributed by atoms with Crippen LogP contribution in [0.3, 0.4) is 0 Å². The first-order valence-corrected chi connectivity index (χ1v) is 11.4. The molecule has 8 nitrogen and oxygen atoms in total. The maximum absolute atomic E-state index is 13.9. The van der Waals surface area contributed by atoms with Crippen molar-refractivity contribution >= 4 is 39.6 Å². The van der Waals surface area contributed by atoms with Gasteiger partial charge in [0.05, 0.1) is 45.4 Å². The number of halogens is 5. The molecule has 0 bridgehead atoms. The lowest BCUT2D eigenvalue weighted by Gasteiger charge is -2.24. The number of aromatic nitrogens is 2. The molecule has 1 atom stereocenters. The first kappa shape index (κ1) is 25.1. The number of benzene rings is 2. The Morgan fingerprint density at radius 1 is 1.00 bits per heavy atom. The van der Waals surface area contributed by atoms with Crippen molar-refractivity contribution in [2.24, 2.45) is 0 Å². The summed E-state index contributed by atoms with van der Waals surface area (Å²) in [7, 11) is 0. The third kappa shape index (κ3) is 4.84. The summed E-state index contributed by atoms with van der Waals surface area (Å²) in [6.45, 7) is 0. The molecular weight excluding hydrogens is 524 g/mol. The van der Waals surface area contributed by atoms with Crippen molar-refractivity contribution in [3.63, 3.8) is 0 Å². The number of hydrogen-bond acceptors (Lipinski definition) is 8. The van der Waals surface area contributed by atoms with E-state index in [-0.39, 0.29) is 27.5 Å². The van der Waals surface area contributed by atoms with Crippen molar-refractivity contribution in [1.82, 2.24) is 26.4 Å². The molecule has 0 unspecified atom stereocenters. The topological polar surface area (TPSA) is 110 Å². The predicted molar refractivity (Wildman–Crippen MR) is 134 cm³/mol. The highest BCUT2D eigenvalue weighted by atomic mass is 35.5. The molecule has 0 spiro atoms. The van der Waals surface area contributed by atoms with Crippen LogP contribution in [-0.2, 0) is 0 Å². The van der Waals surface area contributed by atoms with Crippen LogP contribution < -0.4 is 27.0 Å². The summed E-state index contributed by atoms with van der Waals surface area (Å²) < 4.78 is 54.9. The molecule has 192 valence electrons. The lowest BCUT2D eigenvalue weighted by atomic mass is 9.97. The van der Waals surface area contributed by atoms with Crippen LogP contribution in [0.1, 0.15) is 29.2 Å². The zero-order chi connectivity index (χ0) is 26.8. The van der Waals surface area contributed by atoms with Crippen LogP contribution in [0.25, 0.3) is 10.9 Å². The Morgan fingerprint density at radius 3 is 2.47 bits per heavy atom. The minimum Gasteiger partial charge on any atom is -0.373 e. The molecule has 1 aliphatic heterocycles. The fourth-order valence-electron chi connectivity index (χ4n) is 4.07. The number of nitriles is 1. The van der Waals surface area contributed by atoms with Crippen molar-refractivity contribution in [3.8, 4) is 6.07 Å². The van der Waals surface area contributed by atoms with E-state index >= 15 is 0 Å². The molecule has 3 heterocycles. The van der Waals surface area contributed by atoms with Crippen molar-refractivity contribution in [1.29, 1.82) is 5.26 Å². The van der Waals surface area contributed by atoms with E-state index in [1.807, 2.05) is 6.07 Å². The number of hydrazine groups is 2. The van der Waals surface area contributed by atoms with Gasteiger partial charge in [-0.15, -0.1) is 0 Å². The maximum atomic E-state index is 13.9. The highest BCUT2D eigenvalue weighted by molar-refractivity contribution is 6.36. The summed E-state index contributed by atoms with van der Waals surface area (Å²) >= 11 is 6.54. The average Bonchev–Trinajstić information content (AvgIpc) is 3.44. The van der Waals surface area contributed by atoms with E-state index in [1.165, 1.54) is 18.3 Å². The van der Waals surface area contributed by atoms with Gasteiger partial charge in [0.2, 0.25) is 5.95 Å². The fraction of sp³-hybridized carbons (Fsp3) is 0.0800. The second-order valence-electron chi connectivity index (χ2n) is 8.14. The smallest absolute Gasteiger partial charge is 0.264 e. The monoisotopic (exact) mass is 540 g/mol. The molecule has 5 rings (SSSR count). The standard InChI is InChI=1S/C25H17ClF4N8/c26-18-6-13(35-23(20-11-34-38-37-20)15-3-1-2-4-16(15)24(28)29)5-17-21(12(8-31)9-32-22(17)18)36-14-7-19(27)25(30)33-10-14/h1-7,9-11,23-24,34-35,37-38H,(H,32,36)/t23-/m0/s1. The largest absolute Gasteiger partial charge is 0.373 e. The van der Waals surface area contributed by atoms with Gasteiger partial charge < -0.3 is 21.5 Å². The SMILES string of the molecule is N#Cc1cnc2c(Cl)cc(N[C@H](C3=CNNN3)c3ccccc3C(F)F)cc2c1Nc1cnc(F)c(F)c1. The summed E-state index contributed by atoms with van der Waals surface area (Å²) in [6.07, 6.45) is 1.23. The molecular formula is C25H17ClF4N8. The van der Waals surface area contributed by atoms with Crippen LogP contribution in [0.5, 0.6) is 0 Å². The van der Waals surface area contributed by atoms with Gasteiger partial charge >= 0.3 is 0 Å². The number of hydrogen-bond donors (Lipinski definition) is 5. The second kappa shape index (κ2) is 10.4. The van der Waals surface area contributed by atoms with Crippen molar-refractivity contribution < 1.29 is 17.6 Å². The summed E-state index contributed by atoms with van der Waals surface area (Å²) in [4.78, 5) is 7.62.